The van der Waals surface area contributed by atoms with Crippen LogP contribution in [0.4, 0.5) is 43.4 Å². The highest BCUT2D eigenvalue weighted by molar-refractivity contribution is 7.93. The lowest BCUT2D eigenvalue weighted by Crippen LogP contribution is -2.26. The lowest BCUT2D eigenvalue weighted by molar-refractivity contribution is -0.114. The molecule has 0 radical (unpaired) electrons. The predicted molar refractivity (Wildman–Crippen MR) is 102 cm³/mol. The first-order valence-corrected chi connectivity index (χ1v) is 11.3. The molecule has 2 aromatic carbocycles. The van der Waals surface area contributed by atoms with Crippen molar-refractivity contribution in [3.05, 3.63) is 41.4 Å². The van der Waals surface area contributed by atoms with Crippen LogP contribution in [0.3, 0.4) is 0 Å². The fraction of sp³-hybridized carbons (Fsp3) is 0.188. The molecule has 0 aliphatic rings. The van der Waals surface area contributed by atoms with Crippen LogP contribution >= 0.6 is 11.6 Å². The van der Waals surface area contributed by atoms with Crippen molar-refractivity contribution in [2.45, 2.75) is 27.7 Å². The average Bonchev–Trinajstić information content (AvgIpc) is 2.60. The monoisotopic (exact) mass is 524 g/mol. The maximum absolute atomic E-state index is 13.1. The minimum Gasteiger partial charge on any atom is -0.354 e. The summed E-state index contributed by atoms with van der Waals surface area (Å²) in [6.07, 6.45) is 0. The second-order valence-corrected chi connectivity index (χ2v) is 10.3. The highest BCUT2D eigenvalue weighted by Gasteiger charge is 2.51. The molecule has 7 nitrogen and oxygen atoms in total. The van der Waals surface area contributed by atoms with Gasteiger partial charge in [0.2, 0.25) is 5.91 Å². The molecule has 0 aromatic heterocycles. The van der Waals surface area contributed by atoms with Crippen LogP contribution in [0, 0.1) is 0 Å². The van der Waals surface area contributed by atoms with E-state index in [1.807, 2.05) is 0 Å². The van der Waals surface area contributed by atoms with Crippen LogP contribution in [0.15, 0.2) is 46.2 Å². The van der Waals surface area contributed by atoms with E-state index in [4.69, 9.17) is 11.6 Å². The molecule has 16 heteroatoms. The van der Waals surface area contributed by atoms with Crippen LogP contribution < -0.4 is 10.6 Å². The minimum atomic E-state index is -6.31. The van der Waals surface area contributed by atoms with E-state index in [2.05, 4.69) is 10.6 Å². The summed E-state index contributed by atoms with van der Waals surface area (Å²) in [5.74, 6) is -0.433. The van der Waals surface area contributed by atoms with Gasteiger partial charge in [-0.2, -0.15) is 26.3 Å². The minimum absolute atomic E-state index is 0.0554. The molecule has 0 heterocycles. The average molecular weight is 525 g/mol. The summed E-state index contributed by atoms with van der Waals surface area (Å²) in [7, 11) is -12.6. The van der Waals surface area contributed by atoms with Crippen LogP contribution in [0.5, 0.6) is 0 Å². The summed E-state index contributed by atoms with van der Waals surface area (Å²) >= 11 is 5.56. The summed E-state index contributed by atoms with van der Waals surface area (Å²) in [6, 6.07) is 4.98. The van der Waals surface area contributed by atoms with Gasteiger partial charge < -0.3 is 10.6 Å². The second-order valence-electron chi connectivity index (χ2n) is 6.06. The first-order valence-electron chi connectivity index (χ1n) is 7.99. The van der Waals surface area contributed by atoms with Crippen LogP contribution in [0.25, 0.3) is 0 Å². The number of carbonyl (C=O) groups is 1. The maximum Gasteiger partial charge on any atom is 0.501 e. The van der Waals surface area contributed by atoms with Crippen molar-refractivity contribution in [3.63, 3.8) is 0 Å². The van der Waals surface area contributed by atoms with E-state index in [0.717, 1.165) is 0 Å². The molecule has 176 valence electrons. The predicted octanol–water partition coefficient (Wildman–Crippen LogP) is 4.63. The number of hydrogen-bond donors (Lipinski definition) is 2. The number of amides is 1. The zero-order valence-electron chi connectivity index (χ0n) is 15.5. The molecule has 0 unspecified atom stereocenters. The van der Waals surface area contributed by atoms with Gasteiger partial charge in [0, 0.05) is 18.3 Å². The Morgan fingerprint density at radius 3 is 1.69 bits per heavy atom. The molecule has 2 rings (SSSR count). The van der Waals surface area contributed by atoms with Crippen molar-refractivity contribution in [1.82, 2.24) is 0 Å². The van der Waals surface area contributed by atoms with Gasteiger partial charge in [0.05, 0.1) is 15.6 Å². The summed E-state index contributed by atoms with van der Waals surface area (Å²) in [5, 5.41) is 3.46. The molecule has 1 amide bonds. The van der Waals surface area contributed by atoms with E-state index in [9.17, 15) is 48.0 Å². The van der Waals surface area contributed by atoms with Crippen molar-refractivity contribution in [1.29, 1.82) is 0 Å². The number of benzene rings is 2. The fourth-order valence-corrected chi connectivity index (χ4v) is 4.61. The van der Waals surface area contributed by atoms with E-state index < -0.39 is 57.1 Å². The van der Waals surface area contributed by atoms with Crippen molar-refractivity contribution < 1.29 is 48.0 Å². The lowest BCUT2D eigenvalue weighted by Gasteiger charge is -2.18. The van der Waals surface area contributed by atoms with E-state index in [1.54, 1.807) is 0 Å². The Bertz CT molecular complexity index is 1260. The first-order chi connectivity index (χ1) is 14.4. The van der Waals surface area contributed by atoms with E-state index in [-0.39, 0.29) is 17.4 Å². The Kier molecular flexibility index (Phi) is 6.79. The van der Waals surface area contributed by atoms with Gasteiger partial charge in [0.15, 0.2) is 0 Å². The van der Waals surface area contributed by atoms with Gasteiger partial charge in [-0.15, -0.1) is 0 Å². The summed E-state index contributed by atoms with van der Waals surface area (Å²) in [6.45, 7) is 1.21. The van der Waals surface area contributed by atoms with Gasteiger partial charge in [0.25, 0.3) is 19.7 Å². The third-order valence-corrected chi connectivity index (χ3v) is 7.18. The molecular weight excluding hydrogens is 514 g/mol. The van der Waals surface area contributed by atoms with Crippen LogP contribution in [0.1, 0.15) is 6.92 Å². The number of nitrogens with one attached hydrogen (secondary N) is 2. The molecule has 32 heavy (non-hydrogen) atoms. The Balaban J connectivity index is 2.70. The number of anilines is 3. The molecule has 2 aromatic rings. The molecule has 0 saturated heterocycles. The largest absolute Gasteiger partial charge is 0.501 e. The summed E-state index contributed by atoms with van der Waals surface area (Å²) in [5.41, 5.74) is -12.6. The zero-order chi connectivity index (χ0) is 24.7. The number of rotatable bonds is 5. The quantitative estimate of drug-likeness (QED) is 0.552. The van der Waals surface area contributed by atoms with Crippen LogP contribution in [-0.2, 0) is 24.5 Å². The van der Waals surface area contributed by atoms with Gasteiger partial charge in [0.1, 0.15) is 4.90 Å². The topological polar surface area (TPSA) is 109 Å². The molecule has 0 fully saturated rings. The van der Waals surface area contributed by atoms with Gasteiger partial charge in [-0.3, -0.25) is 4.79 Å². The Labute approximate surface area is 182 Å². The highest BCUT2D eigenvalue weighted by atomic mass is 35.5. The van der Waals surface area contributed by atoms with Crippen molar-refractivity contribution in [2.24, 2.45) is 0 Å². The fourth-order valence-electron chi connectivity index (χ4n) is 2.31. The third kappa shape index (κ3) is 5.10. The third-order valence-electron chi connectivity index (χ3n) is 3.71. The highest BCUT2D eigenvalue weighted by Crippen LogP contribution is 2.42. The van der Waals surface area contributed by atoms with Crippen molar-refractivity contribution in [3.8, 4) is 0 Å². The molecule has 0 saturated carbocycles. The second kappa shape index (κ2) is 8.44. The molecule has 0 aliphatic heterocycles. The van der Waals surface area contributed by atoms with E-state index in [0.29, 0.717) is 6.07 Å². The maximum atomic E-state index is 13.1. The summed E-state index contributed by atoms with van der Waals surface area (Å²) in [4.78, 5) is 7.37. The summed E-state index contributed by atoms with van der Waals surface area (Å²) < 4.78 is 125. The Morgan fingerprint density at radius 2 is 1.25 bits per heavy atom. The van der Waals surface area contributed by atoms with Gasteiger partial charge >= 0.3 is 11.0 Å². The molecule has 0 atom stereocenters. The van der Waals surface area contributed by atoms with Gasteiger partial charge in [-0.25, -0.2) is 16.8 Å². The molecule has 2 N–H and O–H groups in total. The van der Waals surface area contributed by atoms with Gasteiger partial charge in [-0.1, -0.05) is 11.6 Å². The smallest absolute Gasteiger partial charge is 0.354 e. The molecule has 0 bridgehead atoms. The van der Waals surface area contributed by atoms with E-state index >= 15 is 0 Å². The lowest BCUT2D eigenvalue weighted by atomic mass is 10.2. The van der Waals surface area contributed by atoms with Crippen molar-refractivity contribution in [2.75, 3.05) is 10.6 Å². The molecule has 0 spiro atoms. The SMILES string of the molecule is CC(=O)Nc1ccc(Nc2cc(Cl)c(S(=O)(=O)C(F)(F)F)cc2S(=O)(=O)C(F)(F)F)cc1. The molecule has 0 aliphatic carbocycles. The van der Waals surface area contributed by atoms with Crippen LogP contribution in [-0.4, -0.2) is 33.8 Å². The Morgan fingerprint density at radius 1 is 0.812 bits per heavy atom. The van der Waals surface area contributed by atoms with Crippen LogP contribution in [0.2, 0.25) is 5.02 Å². The Hall–Kier alpha value is -2.52. The number of halogens is 7. The number of alkyl halides is 6. The first kappa shape index (κ1) is 25.7. The standard InChI is InChI=1S/C16H11ClF6N2O5S2/c1-8(26)24-9-2-4-10(5-3-9)25-12-6-11(17)13(31(27,28)15(18,19)20)7-14(12)32(29,30)16(21,22)23/h2-7,25H,1H3,(H,24,26). The van der Waals surface area contributed by atoms with Gasteiger partial charge in [-0.05, 0) is 36.4 Å². The number of sulfone groups is 2. The number of hydrogen-bond acceptors (Lipinski definition) is 6. The van der Waals surface area contributed by atoms with Crippen molar-refractivity contribution >= 4 is 54.2 Å². The zero-order valence-corrected chi connectivity index (χ0v) is 17.9. The number of carbonyl (C=O) groups excluding carboxylic acids is 1. The molecular formula is C16H11ClF6N2O5S2. The normalized spacial score (nSPS) is 13.0. The van der Waals surface area contributed by atoms with E-state index in [1.165, 1.54) is 31.2 Å².